The Balaban J connectivity index is 1.85. The summed E-state index contributed by atoms with van der Waals surface area (Å²) in [5, 5.41) is 2.91. The van der Waals surface area contributed by atoms with Crippen molar-refractivity contribution in [3.8, 4) is 0 Å². The zero-order valence-corrected chi connectivity index (χ0v) is 13.3. The third-order valence-corrected chi connectivity index (χ3v) is 3.42. The van der Waals surface area contributed by atoms with Crippen LogP contribution in [0, 0.1) is 0 Å². The van der Waals surface area contributed by atoms with Gasteiger partial charge in [0.15, 0.2) is 6.29 Å². The van der Waals surface area contributed by atoms with Gasteiger partial charge in [0.2, 0.25) is 0 Å². The van der Waals surface area contributed by atoms with Gasteiger partial charge in [-0.15, -0.1) is 0 Å². The summed E-state index contributed by atoms with van der Waals surface area (Å²) in [6, 6.07) is 5.53. The van der Waals surface area contributed by atoms with Gasteiger partial charge in [0.25, 0.3) is 0 Å². The molecule has 22 heavy (non-hydrogen) atoms. The Morgan fingerprint density at radius 1 is 1.36 bits per heavy atom. The highest BCUT2D eigenvalue weighted by molar-refractivity contribution is 5.72. The molecule has 0 aliphatic carbocycles. The molecule has 1 aromatic rings. The Morgan fingerprint density at radius 2 is 2.05 bits per heavy atom. The number of alkyl carbamates (subject to hydrolysis) is 1. The van der Waals surface area contributed by atoms with E-state index in [-0.39, 0.29) is 12.1 Å². The van der Waals surface area contributed by atoms with Crippen molar-refractivity contribution in [3.05, 3.63) is 23.9 Å². The van der Waals surface area contributed by atoms with Gasteiger partial charge in [-0.2, -0.15) is 0 Å². The number of pyridine rings is 1. The molecule has 1 fully saturated rings. The van der Waals surface area contributed by atoms with Crippen LogP contribution < -0.4 is 10.2 Å². The van der Waals surface area contributed by atoms with E-state index in [0.717, 1.165) is 38.0 Å². The van der Waals surface area contributed by atoms with E-state index in [0.29, 0.717) is 5.69 Å². The van der Waals surface area contributed by atoms with Crippen LogP contribution in [0.5, 0.6) is 0 Å². The predicted molar refractivity (Wildman–Crippen MR) is 84.2 cm³/mol. The summed E-state index contributed by atoms with van der Waals surface area (Å²) < 4.78 is 5.27. The van der Waals surface area contributed by atoms with E-state index in [2.05, 4.69) is 15.2 Å². The Morgan fingerprint density at radius 3 is 2.64 bits per heavy atom. The van der Waals surface area contributed by atoms with Crippen LogP contribution in [0.15, 0.2) is 18.2 Å². The molecule has 0 bridgehead atoms. The Labute approximate surface area is 130 Å². The SMILES string of the molecule is CC(C)(C)OC(=O)NC1CCN(c2cccc(C=O)n2)CC1. The van der Waals surface area contributed by atoms with E-state index in [4.69, 9.17) is 4.74 Å². The monoisotopic (exact) mass is 305 g/mol. The summed E-state index contributed by atoms with van der Waals surface area (Å²) in [7, 11) is 0. The topological polar surface area (TPSA) is 71.5 Å². The van der Waals surface area contributed by atoms with Crippen LogP contribution in [-0.4, -0.2) is 42.1 Å². The van der Waals surface area contributed by atoms with E-state index < -0.39 is 5.60 Å². The van der Waals surface area contributed by atoms with Crippen LogP contribution in [-0.2, 0) is 4.74 Å². The van der Waals surface area contributed by atoms with Crippen LogP contribution in [0.3, 0.4) is 0 Å². The lowest BCUT2D eigenvalue weighted by Gasteiger charge is -2.33. The molecule has 1 N–H and O–H groups in total. The smallest absolute Gasteiger partial charge is 0.407 e. The van der Waals surface area contributed by atoms with Gasteiger partial charge in [-0.25, -0.2) is 9.78 Å². The number of hydrogen-bond donors (Lipinski definition) is 1. The zero-order valence-electron chi connectivity index (χ0n) is 13.3. The maximum atomic E-state index is 11.8. The number of ether oxygens (including phenoxy) is 1. The average molecular weight is 305 g/mol. The van der Waals surface area contributed by atoms with Gasteiger partial charge < -0.3 is 15.0 Å². The molecule has 0 aromatic carbocycles. The fourth-order valence-corrected chi connectivity index (χ4v) is 2.41. The molecule has 2 rings (SSSR count). The number of nitrogens with zero attached hydrogens (tertiary/aromatic N) is 2. The molecule has 1 saturated heterocycles. The second-order valence-corrected chi connectivity index (χ2v) is 6.45. The maximum absolute atomic E-state index is 11.8. The number of piperidine rings is 1. The Bertz CT molecular complexity index is 532. The number of hydrogen-bond acceptors (Lipinski definition) is 5. The van der Waals surface area contributed by atoms with Crippen molar-refractivity contribution < 1.29 is 14.3 Å². The van der Waals surface area contributed by atoms with Gasteiger partial charge in [0.05, 0.1) is 0 Å². The second kappa shape index (κ2) is 6.77. The fraction of sp³-hybridized carbons (Fsp3) is 0.562. The van der Waals surface area contributed by atoms with Crippen molar-refractivity contribution in [2.75, 3.05) is 18.0 Å². The minimum atomic E-state index is -0.482. The summed E-state index contributed by atoms with van der Waals surface area (Å²) in [4.78, 5) is 29.0. The van der Waals surface area contributed by atoms with Gasteiger partial charge in [-0.05, 0) is 45.7 Å². The van der Waals surface area contributed by atoms with Crippen molar-refractivity contribution >= 4 is 18.2 Å². The number of amides is 1. The zero-order chi connectivity index (χ0) is 16.2. The Hall–Kier alpha value is -2.11. The third kappa shape index (κ3) is 4.72. The minimum absolute atomic E-state index is 0.111. The molecule has 6 heteroatoms. The average Bonchev–Trinajstić information content (AvgIpc) is 2.46. The van der Waals surface area contributed by atoms with Crippen LogP contribution in [0.2, 0.25) is 0 Å². The molecular formula is C16H23N3O3. The molecule has 1 aliphatic heterocycles. The van der Waals surface area contributed by atoms with E-state index in [1.165, 1.54) is 0 Å². The molecule has 6 nitrogen and oxygen atoms in total. The fourth-order valence-electron chi connectivity index (χ4n) is 2.41. The van der Waals surface area contributed by atoms with Crippen molar-refractivity contribution in [1.82, 2.24) is 10.3 Å². The molecule has 0 saturated carbocycles. The van der Waals surface area contributed by atoms with Crippen LogP contribution in [0.1, 0.15) is 44.1 Å². The van der Waals surface area contributed by atoms with E-state index in [1.54, 1.807) is 6.07 Å². The van der Waals surface area contributed by atoms with Gasteiger partial charge in [0.1, 0.15) is 17.1 Å². The highest BCUT2D eigenvalue weighted by Gasteiger charge is 2.24. The first-order chi connectivity index (χ1) is 10.4. The number of aromatic nitrogens is 1. The number of aldehydes is 1. The summed E-state index contributed by atoms with van der Waals surface area (Å²) in [6.45, 7) is 7.12. The first-order valence-corrected chi connectivity index (χ1v) is 7.54. The lowest BCUT2D eigenvalue weighted by Crippen LogP contribution is -2.46. The summed E-state index contributed by atoms with van der Waals surface area (Å²) in [5.74, 6) is 0.806. The summed E-state index contributed by atoms with van der Waals surface area (Å²) in [6.07, 6.45) is 2.03. The molecule has 1 amide bonds. The lowest BCUT2D eigenvalue weighted by atomic mass is 10.1. The maximum Gasteiger partial charge on any atom is 0.407 e. The number of nitrogens with one attached hydrogen (secondary N) is 1. The van der Waals surface area contributed by atoms with Crippen molar-refractivity contribution in [2.45, 2.75) is 45.3 Å². The van der Waals surface area contributed by atoms with Crippen molar-refractivity contribution in [2.24, 2.45) is 0 Å². The van der Waals surface area contributed by atoms with E-state index >= 15 is 0 Å². The lowest BCUT2D eigenvalue weighted by molar-refractivity contribution is 0.0497. The van der Waals surface area contributed by atoms with Gasteiger partial charge in [-0.1, -0.05) is 6.07 Å². The normalized spacial score (nSPS) is 16.2. The molecule has 0 radical (unpaired) electrons. The molecule has 120 valence electrons. The highest BCUT2D eigenvalue weighted by Crippen LogP contribution is 2.18. The largest absolute Gasteiger partial charge is 0.444 e. The van der Waals surface area contributed by atoms with Gasteiger partial charge >= 0.3 is 6.09 Å². The molecule has 0 atom stereocenters. The minimum Gasteiger partial charge on any atom is -0.444 e. The van der Waals surface area contributed by atoms with E-state index in [1.807, 2.05) is 32.9 Å². The molecule has 2 heterocycles. The van der Waals surface area contributed by atoms with Crippen LogP contribution in [0.4, 0.5) is 10.6 Å². The second-order valence-electron chi connectivity index (χ2n) is 6.45. The molecule has 1 aromatic heterocycles. The number of anilines is 1. The van der Waals surface area contributed by atoms with E-state index in [9.17, 15) is 9.59 Å². The molecule has 0 unspecified atom stereocenters. The molecular weight excluding hydrogens is 282 g/mol. The first-order valence-electron chi connectivity index (χ1n) is 7.54. The summed E-state index contributed by atoms with van der Waals surface area (Å²) >= 11 is 0. The van der Waals surface area contributed by atoms with Crippen LogP contribution in [0.25, 0.3) is 0 Å². The third-order valence-electron chi connectivity index (χ3n) is 3.42. The molecule has 0 spiro atoms. The quantitative estimate of drug-likeness (QED) is 0.868. The standard InChI is InChI=1S/C16H23N3O3/c1-16(2,3)22-15(21)18-12-7-9-19(10-8-12)14-6-4-5-13(11-20)17-14/h4-6,11-12H,7-10H2,1-3H3,(H,18,21). The number of rotatable bonds is 3. The summed E-state index contributed by atoms with van der Waals surface area (Å²) in [5.41, 5.74) is -0.0456. The Kier molecular flexibility index (Phi) is 5.00. The number of carbonyl (C=O) groups excluding carboxylic acids is 2. The number of carbonyl (C=O) groups is 2. The first kappa shape index (κ1) is 16.3. The van der Waals surface area contributed by atoms with Crippen molar-refractivity contribution in [3.63, 3.8) is 0 Å². The predicted octanol–water partition coefficient (Wildman–Crippen LogP) is 2.39. The van der Waals surface area contributed by atoms with Crippen LogP contribution >= 0.6 is 0 Å². The van der Waals surface area contributed by atoms with Gasteiger partial charge in [-0.3, -0.25) is 4.79 Å². The molecule has 1 aliphatic rings. The highest BCUT2D eigenvalue weighted by atomic mass is 16.6. The van der Waals surface area contributed by atoms with Gasteiger partial charge in [0, 0.05) is 19.1 Å². The van der Waals surface area contributed by atoms with Crippen molar-refractivity contribution in [1.29, 1.82) is 0 Å².